The topological polar surface area (TPSA) is 58.9 Å². The molecule has 0 spiro atoms. The van der Waals surface area contributed by atoms with E-state index in [9.17, 15) is 18.8 Å². The van der Waals surface area contributed by atoms with Crippen LogP contribution in [0.15, 0.2) is 36.4 Å². The third-order valence-electron chi connectivity index (χ3n) is 2.90. The highest BCUT2D eigenvalue weighted by Gasteiger charge is 2.18. The molecule has 0 aromatic heterocycles. The van der Waals surface area contributed by atoms with Gasteiger partial charge >= 0.3 is 7.12 Å². The molecule has 4 nitrogen and oxygen atoms in total. The Morgan fingerprint density at radius 1 is 1.10 bits per heavy atom. The van der Waals surface area contributed by atoms with E-state index in [2.05, 4.69) is 0 Å². The quantitative estimate of drug-likeness (QED) is 0.814. The normalized spacial score (nSPS) is 10.3. The summed E-state index contributed by atoms with van der Waals surface area (Å²) < 4.78 is 37.1. The zero-order valence-electron chi connectivity index (χ0n) is 11.2. The molecule has 2 rings (SSSR count). The zero-order chi connectivity index (χ0) is 15.4. The van der Waals surface area contributed by atoms with E-state index in [1.165, 1.54) is 25.3 Å². The average Bonchev–Trinajstić information content (AvgIpc) is 2.45. The van der Waals surface area contributed by atoms with Crippen molar-refractivity contribution in [3.8, 4) is 11.5 Å². The Bertz CT molecular complexity index is 634. The maximum atomic E-state index is 13.7. The molecule has 21 heavy (non-hydrogen) atoms. The van der Waals surface area contributed by atoms with Crippen LogP contribution >= 0.6 is 0 Å². The molecule has 0 radical (unpaired) electrons. The van der Waals surface area contributed by atoms with Crippen LogP contribution in [0.3, 0.4) is 0 Å². The molecule has 0 amide bonds. The van der Waals surface area contributed by atoms with Gasteiger partial charge in [0.05, 0.1) is 7.11 Å². The third kappa shape index (κ3) is 3.71. The average molecular weight is 294 g/mol. The fourth-order valence-electron chi connectivity index (χ4n) is 1.77. The number of hydrogen-bond acceptors (Lipinski definition) is 4. The summed E-state index contributed by atoms with van der Waals surface area (Å²) in [6.07, 6.45) is 0. The number of hydrogen-bond donors (Lipinski definition) is 2. The molecule has 0 aliphatic rings. The molecule has 2 N–H and O–H groups in total. The molecule has 0 aliphatic carbocycles. The maximum absolute atomic E-state index is 13.7. The molecule has 7 heteroatoms. The Labute approximate surface area is 120 Å². The van der Waals surface area contributed by atoms with Gasteiger partial charge < -0.3 is 19.5 Å². The van der Waals surface area contributed by atoms with Crippen molar-refractivity contribution < 1.29 is 28.3 Å². The predicted molar refractivity (Wildman–Crippen MR) is 73.5 cm³/mol. The fraction of sp³-hybridized carbons (Fsp3) is 0.143. The van der Waals surface area contributed by atoms with Crippen LogP contribution in [0.25, 0.3) is 0 Å². The first-order chi connectivity index (χ1) is 10.0. The van der Waals surface area contributed by atoms with Gasteiger partial charge in [-0.15, -0.1) is 0 Å². The monoisotopic (exact) mass is 294 g/mol. The lowest BCUT2D eigenvalue weighted by molar-refractivity contribution is 0.298. The van der Waals surface area contributed by atoms with Gasteiger partial charge in [0.15, 0.2) is 0 Å². The van der Waals surface area contributed by atoms with Gasteiger partial charge in [0.1, 0.15) is 29.7 Å². The Morgan fingerprint density at radius 3 is 2.48 bits per heavy atom. The van der Waals surface area contributed by atoms with Gasteiger partial charge in [-0.2, -0.15) is 0 Å². The smallest absolute Gasteiger partial charge is 0.492 e. The van der Waals surface area contributed by atoms with Gasteiger partial charge in [0, 0.05) is 23.2 Å². The minimum absolute atomic E-state index is 0.00493. The van der Waals surface area contributed by atoms with Crippen LogP contribution in [-0.2, 0) is 6.61 Å². The van der Waals surface area contributed by atoms with E-state index >= 15 is 0 Å². The summed E-state index contributed by atoms with van der Waals surface area (Å²) in [4.78, 5) is 0. The van der Waals surface area contributed by atoms with E-state index in [1.807, 2.05) is 0 Å². The van der Waals surface area contributed by atoms with Gasteiger partial charge in [-0.1, -0.05) is 6.07 Å². The fourth-order valence-corrected chi connectivity index (χ4v) is 1.77. The molecule has 0 atom stereocenters. The van der Waals surface area contributed by atoms with Crippen molar-refractivity contribution in [2.45, 2.75) is 6.61 Å². The second kappa shape index (κ2) is 6.56. The number of halogens is 2. The van der Waals surface area contributed by atoms with Crippen molar-refractivity contribution in [1.29, 1.82) is 0 Å². The Hall–Kier alpha value is -2.12. The molecule has 2 aromatic carbocycles. The van der Waals surface area contributed by atoms with E-state index in [0.717, 1.165) is 12.1 Å². The highest BCUT2D eigenvalue weighted by atomic mass is 19.1. The molecule has 0 saturated heterocycles. The first-order valence-corrected chi connectivity index (χ1v) is 6.12. The summed E-state index contributed by atoms with van der Waals surface area (Å²) in [6, 6.07) is 7.52. The summed E-state index contributed by atoms with van der Waals surface area (Å²) in [5, 5.41) is 18.4. The molecule has 0 heterocycles. The number of ether oxygens (including phenoxy) is 2. The molecule has 110 valence electrons. The van der Waals surface area contributed by atoms with Crippen LogP contribution in [0.2, 0.25) is 0 Å². The van der Waals surface area contributed by atoms with Crippen molar-refractivity contribution in [3.05, 3.63) is 53.6 Å². The highest BCUT2D eigenvalue weighted by molar-refractivity contribution is 6.59. The molecule has 0 fully saturated rings. The van der Waals surface area contributed by atoms with Gasteiger partial charge in [-0.05, 0) is 18.2 Å². The first-order valence-electron chi connectivity index (χ1n) is 6.12. The Morgan fingerprint density at radius 2 is 1.86 bits per heavy atom. The Balaban J connectivity index is 2.18. The van der Waals surface area contributed by atoms with Crippen LogP contribution in [0, 0.1) is 11.6 Å². The lowest BCUT2D eigenvalue weighted by Gasteiger charge is -2.12. The van der Waals surface area contributed by atoms with Crippen LogP contribution in [0.5, 0.6) is 11.5 Å². The summed E-state index contributed by atoms with van der Waals surface area (Å²) in [5.74, 6) is -0.810. The lowest BCUT2D eigenvalue weighted by atomic mass is 9.79. The molecular formula is C14H13BF2O4. The van der Waals surface area contributed by atoms with Crippen molar-refractivity contribution >= 4 is 12.6 Å². The highest BCUT2D eigenvalue weighted by Crippen LogP contribution is 2.18. The minimum Gasteiger partial charge on any atom is -0.497 e. The SMILES string of the molecule is COc1ccc(COc2cc(F)ccc2B(O)O)c(F)c1. The van der Waals surface area contributed by atoms with Crippen LogP contribution in [-0.4, -0.2) is 24.3 Å². The summed E-state index contributed by atoms with van der Waals surface area (Å²) >= 11 is 0. The second-order valence-electron chi connectivity index (χ2n) is 4.30. The van der Waals surface area contributed by atoms with E-state index in [0.29, 0.717) is 5.75 Å². The van der Waals surface area contributed by atoms with E-state index in [4.69, 9.17) is 9.47 Å². The van der Waals surface area contributed by atoms with E-state index in [-0.39, 0.29) is 23.4 Å². The zero-order valence-corrected chi connectivity index (χ0v) is 11.2. The molecule has 0 aliphatic heterocycles. The number of methoxy groups -OCH3 is 1. The third-order valence-corrected chi connectivity index (χ3v) is 2.90. The van der Waals surface area contributed by atoms with E-state index in [1.54, 1.807) is 6.07 Å². The van der Waals surface area contributed by atoms with Crippen molar-refractivity contribution in [3.63, 3.8) is 0 Å². The predicted octanol–water partition coefficient (Wildman–Crippen LogP) is 1.23. The van der Waals surface area contributed by atoms with Gasteiger partial charge in [-0.25, -0.2) is 8.78 Å². The van der Waals surface area contributed by atoms with Gasteiger partial charge in [-0.3, -0.25) is 0 Å². The Kier molecular flexibility index (Phi) is 4.77. The first kappa shape index (κ1) is 15.3. The summed E-state index contributed by atoms with van der Waals surface area (Å²) in [6.45, 7) is -0.182. The molecule has 0 unspecified atom stereocenters. The summed E-state index contributed by atoms with van der Waals surface area (Å²) in [7, 11) is -0.381. The number of benzene rings is 2. The second-order valence-corrected chi connectivity index (χ2v) is 4.30. The standard InChI is InChI=1S/C14H13BF2O4/c1-20-11-4-2-9(13(17)7-11)8-21-14-6-10(16)3-5-12(14)15(18)19/h2-7,18-19H,8H2,1H3. The van der Waals surface area contributed by atoms with E-state index < -0.39 is 18.8 Å². The molecule has 0 bridgehead atoms. The van der Waals surface area contributed by atoms with Gasteiger partial charge in [0.2, 0.25) is 0 Å². The number of rotatable bonds is 5. The van der Waals surface area contributed by atoms with Crippen molar-refractivity contribution in [2.75, 3.05) is 7.11 Å². The van der Waals surface area contributed by atoms with Gasteiger partial charge in [0.25, 0.3) is 0 Å². The summed E-state index contributed by atoms with van der Waals surface area (Å²) in [5.41, 5.74) is 0.240. The van der Waals surface area contributed by atoms with Crippen LogP contribution < -0.4 is 14.9 Å². The van der Waals surface area contributed by atoms with Crippen molar-refractivity contribution in [1.82, 2.24) is 0 Å². The molecular weight excluding hydrogens is 281 g/mol. The largest absolute Gasteiger partial charge is 0.497 e. The van der Waals surface area contributed by atoms with Crippen LogP contribution in [0.1, 0.15) is 5.56 Å². The maximum Gasteiger partial charge on any atom is 0.492 e. The minimum atomic E-state index is -1.80. The molecule has 2 aromatic rings. The lowest BCUT2D eigenvalue weighted by Crippen LogP contribution is -2.31. The molecule has 0 saturated carbocycles. The van der Waals surface area contributed by atoms with Crippen LogP contribution in [0.4, 0.5) is 8.78 Å². The van der Waals surface area contributed by atoms with Crippen molar-refractivity contribution in [2.24, 2.45) is 0 Å².